The maximum absolute atomic E-state index is 12.3. The van der Waals surface area contributed by atoms with E-state index in [2.05, 4.69) is 38.7 Å². The maximum Gasteiger partial charge on any atom is 0.328 e. The van der Waals surface area contributed by atoms with Crippen LogP contribution in [0, 0.1) is 0 Å². The van der Waals surface area contributed by atoms with Crippen LogP contribution in [-0.2, 0) is 9.53 Å². The quantitative estimate of drug-likeness (QED) is 0.754. The van der Waals surface area contributed by atoms with Crippen molar-refractivity contribution in [2.45, 2.75) is 52.1 Å². The Hall–Kier alpha value is -1.48. The summed E-state index contributed by atoms with van der Waals surface area (Å²) in [6.45, 7) is 8.41. The molecule has 0 N–H and O–H groups in total. The number of carbonyl (C=O) groups is 1. The van der Waals surface area contributed by atoms with Gasteiger partial charge in [0.05, 0.1) is 12.6 Å². The molecule has 1 atom stereocenters. The molecule has 0 saturated carbocycles. The Morgan fingerprint density at radius 2 is 2.09 bits per heavy atom. The first-order valence-electron chi connectivity index (χ1n) is 7.68. The predicted molar refractivity (Wildman–Crippen MR) is 92.4 cm³/mol. The number of hydrogen-bond acceptors (Lipinski definition) is 3. The van der Waals surface area contributed by atoms with Gasteiger partial charge >= 0.3 is 5.97 Å². The van der Waals surface area contributed by atoms with Crippen molar-refractivity contribution >= 4 is 28.8 Å². The first-order chi connectivity index (χ1) is 10.3. The van der Waals surface area contributed by atoms with Crippen LogP contribution in [0.15, 0.2) is 24.3 Å². The third-order valence-electron chi connectivity index (χ3n) is 4.18. The molecule has 1 aliphatic rings. The molecule has 0 amide bonds. The molecule has 1 heterocycles. The molecule has 0 unspecified atom stereocenters. The van der Waals surface area contributed by atoms with E-state index in [0.717, 1.165) is 24.1 Å². The van der Waals surface area contributed by atoms with Gasteiger partial charge in [-0.25, -0.2) is 4.79 Å². The molecule has 0 spiro atoms. The van der Waals surface area contributed by atoms with Crippen molar-refractivity contribution in [1.82, 2.24) is 0 Å². The van der Waals surface area contributed by atoms with Gasteiger partial charge in [-0.15, -0.1) is 0 Å². The number of nitrogens with zero attached hydrogens (tertiary/aromatic N) is 1. The lowest BCUT2D eigenvalue weighted by molar-refractivity contribution is -0.142. The van der Waals surface area contributed by atoms with Crippen LogP contribution in [-0.4, -0.2) is 24.7 Å². The molecule has 1 aromatic rings. The van der Waals surface area contributed by atoms with Gasteiger partial charge in [0.1, 0.15) is 6.04 Å². The SMILES string of the molecule is CCC[C@@H](C(=O)OC)N1c2ccc(Cl)cc2C(C)=CC1(C)C. The molecular weight excluding hydrogens is 298 g/mol. The van der Waals surface area contributed by atoms with Crippen LogP contribution in [0.25, 0.3) is 5.57 Å². The van der Waals surface area contributed by atoms with Gasteiger partial charge in [0.2, 0.25) is 0 Å². The number of methoxy groups -OCH3 is 1. The lowest BCUT2D eigenvalue weighted by atomic mass is 9.86. The molecule has 1 aromatic carbocycles. The van der Waals surface area contributed by atoms with Gasteiger partial charge in [0.15, 0.2) is 0 Å². The van der Waals surface area contributed by atoms with E-state index in [-0.39, 0.29) is 17.6 Å². The van der Waals surface area contributed by atoms with Gasteiger partial charge in [-0.2, -0.15) is 0 Å². The number of benzene rings is 1. The molecular formula is C18H24ClNO2. The molecule has 22 heavy (non-hydrogen) atoms. The van der Waals surface area contributed by atoms with Crippen LogP contribution in [0.4, 0.5) is 5.69 Å². The van der Waals surface area contributed by atoms with Gasteiger partial charge in [-0.1, -0.05) is 31.0 Å². The van der Waals surface area contributed by atoms with Gasteiger partial charge in [0, 0.05) is 16.3 Å². The highest BCUT2D eigenvalue weighted by molar-refractivity contribution is 6.30. The summed E-state index contributed by atoms with van der Waals surface area (Å²) in [5.74, 6) is -0.191. The van der Waals surface area contributed by atoms with E-state index in [1.807, 2.05) is 18.2 Å². The average molecular weight is 322 g/mol. The molecule has 0 radical (unpaired) electrons. The number of esters is 1. The van der Waals surface area contributed by atoms with Crippen LogP contribution >= 0.6 is 11.6 Å². The van der Waals surface area contributed by atoms with E-state index in [1.54, 1.807) is 0 Å². The number of halogens is 1. The van der Waals surface area contributed by atoms with Gasteiger partial charge in [-0.05, 0) is 51.0 Å². The first-order valence-corrected chi connectivity index (χ1v) is 8.06. The highest BCUT2D eigenvalue weighted by Gasteiger charge is 2.39. The average Bonchev–Trinajstić information content (AvgIpc) is 2.45. The topological polar surface area (TPSA) is 29.5 Å². The lowest BCUT2D eigenvalue weighted by Gasteiger charge is -2.46. The zero-order chi connectivity index (χ0) is 16.5. The van der Waals surface area contributed by atoms with Crippen molar-refractivity contribution in [3.05, 3.63) is 34.9 Å². The molecule has 0 fully saturated rings. The van der Waals surface area contributed by atoms with Gasteiger partial charge in [-0.3, -0.25) is 0 Å². The molecule has 1 aliphatic heterocycles. The van der Waals surface area contributed by atoms with E-state index in [1.165, 1.54) is 12.7 Å². The molecule has 0 aromatic heterocycles. The second-order valence-corrected chi connectivity index (χ2v) is 6.78. The van der Waals surface area contributed by atoms with Crippen molar-refractivity contribution in [2.75, 3.05) is 12.0 Å². The highest BCUT2D eigenvalue weighted by atomic mass is 35.5. The van der Waals surface area contributed by atoms with E-state index in [0.29, 0.717) is 5.02 Å². The largest absolute Gasteiger partial charge is 0.467 e. The Kier molecular flexibility index (Phi) is 4.86. The second-order valence-electron chi connectivity index (χ2n) is 6.34. The maximum atomic E-state index is 12.3. The molecule has 0 aliphatic carbocycles. The second kappa shape index (κ2) is 6.33. The molecule has 2 rings (SSSR count). The van der Waals surface area contributed by atoms with Crippen molar-refractivity contribution in [3.63, 3.8) is 0 Å². The van der Waals surface area contributed by atoms with Crippen molar-refractivity contribution in [1.29, 1.82) is 0 Å². The standard InChI is InChI=1S/C18H24ClNO2/c1-6-7-16(17(21)22-5)20-15-9-8-13(19)10-14(15)12(2)11-18(20,3)4/h8-11,16H,6-7H2,1-5H3/t16-/m0/s1. The third kappa shape index (κ3) is 3.00. The number of carbonyl (C=O) groups excluding carboxylic acids is 1. The van der Waals surface area contributed by atoms with Crippen LogP contribution in [0.2, 0.25) is 5.02 Å². The van der Waals surface area contributed by atoms with E-state index < -0.39 is 0 Å². The number of fused-ring (bicyclic) bond motifs is 1. The summed E-state index contributed by atoms with van der Waals surface area (Å²) in [6, 6.07) is 5.55. The fourth-order valence-corrected chi connectivity index (χ4v) is 3.53. The molecule has 120 valence electrons. The fraction of sp³-hybridized carbons (Fsp3) is 0.500. The minimum absolute atomic E-state index is 0.191. The van der Waals surface area contributed by atoms with Crippen LogP contribution in [0.1, 0.15) is 46.1 Å². The minimum Gasteiger partial charge on any atom is -0.467 e. The molecule has 0 saturated heterocycles. The van der Waals surface area contributed by atoms with Crippen molar-refractivity contribution < 1.29 is 9.53 Å². The number of anilines is 1. The Morgan fingerprint density at radius 1 is 1.41 bits per heavy atom. The van der Waals surface area contributed by atoms with E-state index in [9.17, 15) is 4.79 Å². The molecule has 3 nitrogen and oxygen atoms in total. The van der Waals surface area contributed by atoms with Crippen molar-refractivity contribution in [2.24, 2.45) is 0 Å². The normalized spacial score (nSPS) is 17.5. The highest BCUT2D eigenvalue weighted by Crippen LogP contribution is 2.42. The summed E-state index contributed by atoms with van der Waals surface area (Å²) in [5, 5.41) is 0.705. The fourth-order valence-electron chi connectivity index (χ4n) is 3.35. The Morgan fingerprint density at radius 3 is 2.68 bits per heavy atom. The zero-order valence-corrected chi connectivity index (χ0v) is 14.7. The van der Waals surface area contributed by atoms with E-state index in [4.69, 9.17) is 16.3 Å². The summed E-state index contributed by atoms with van der Waals surface area (Å²) in [4.78, 5) is 14.5. The number of allylic oxidation sites excluding steroid dienone is 1. The summed E-state index contributed by atoms with van der Waals surface area (Å²) >= 11 is 6.15. The first kappa shape index (κ1) is 16.9. The summed E-state index contributed by atoms with van der Waals surface area (Å²) in [6.07, 6.45) is 3.86. The lowest BCUT2D eigenvalue weighted by Crippen LogP contribution is -2.54. The van der Waals surface area contributed by atoms with Crippen LogP contribution < -0.4 is 4.90 Å². The third-order valence-corrected chi connectivity index (χ3v) is 4.42. The van der Waals surface area contributed by atoms with Gasteiger partial charge < -0.3 is 9.64 Å². The number of rotatable bonds is 4. The smallest absolute Gasteiger partial charge is 0.328 e. The zero-order valence-electron chi connectivity index (χ0n) is 13.9. The summed E-state index contributed by atoms with van der Waals surface area (Å²) in [7, 11) is 1.45. The van der Waals surface area contributed by atoms with Crippen molar-refractivity contribution in [3.8, 4) is 0 Å². The minimum atomic E-state index is -0.297. The van der Waals surface area contributed by atoms with Crippen LogP contribution in [0.5, 0.6) is 0 Å². The Bertz CT molecular complexity index is 607. The number of ether oxygens (including phenoxy) is 1. The number of hydrogen-bond donors (Lipinski definition) is 0. The molecule has 4 heteroatoms. The van der Waals surface area contributed by atoms with Gasteiger partial charge in [0.25, 0.3) is 0 Å². The summed E-state index contributed by atoms with van der Waals surface area (Å²) < 4.78 is 5.05. The predicted octanol–water partition coefficient (Wildman–Crippen LogP) is 4.68. The monoisotopic (exact) mass is 321 g/mol. The van der Waals surface area contributed by atoms with E-state index >= 15 is 0 Å². The summed E-state index contributed by atoms with van der Waals surface area (Å²) in [5.41, 5.74) is 3.04. The Labute approximate surface area is 137 Å². The van der Waals surface area contributed by atoms with Crippen LogP contribution in [0.3, 0.4) is 0 Å². The molecule has 0 bridgehead atoms. The Balaban J connectivity index is 2.60.